The van der Waals surface area contributed by atoms with Crippen LogP contribution in [0.3, 0.4) is 0 Å². The van der Waals surface area contributed by atoms with Gasteiger partial charge in [0.25, 0.3) is 0 Å². The Kier molecular flexibility index (Phi) is 7.38. The van der Waals surface area contributed by atoms with E-state index in [1.54, 1.807) is 24.3 Å². The number of hydrogen-bond donors (Lipinski definition) is 1. The quantitative estimate of drug-likeness (QED) is 0.353. The zero-order valence-corrected chi connectivity index (χ0v) is 21.9. The highest BCUT2D eigenvalue weighted by Gasteiger charge is 2.36. The minimum absolute atomic E-state index is 0.000965. The number of Topliss-reactive ketones (excluding diaryl/α,β-unsaturated/α-hetero) is 3. The second-order valence-corrected chi connectivity index (χ2v) is 10.3. The fourth-order valence-corrected chi connectivity index (χ4v) is 5.53. The van der Waals surface area contributed by atoms with Crippen LogP contribution in [0.2, 0.25) is 0 Å². The van der Waals surface area contributed by atoms with Gasteiger partial charge in [0, 0.05) is 68.6 Å². The number of ketones is 3. The van der Waals surface area contributed by atoms with Crippen molar-refractivity contribution in [1.82, 2.24) is 9.80 Å². The lowest BCUT2D eigenvalue weighted by Crippen LogP contribution is -2.46. The van der Waals surface area contributed by atoms with E-state index in [4.69, 9.17) is 0 Å². The average molecular weight is 512 g/mol. The van der Waals surface area contributed by atoms with Gasteiger partial charge in [-0.2, -0.15) is 0 Å². The standard InChI is InChI=1S/C31H33N3O4/c1-20-7-9-22(10-8-20)23-17-27(35)26(28(36)18-23)19-32-11-12-33-13-15-34(16-14-33)21(2)29-30(37)24-5-3-4-6-25(24)31(29)38/h3-10,19,23,35H,11-18H2,1-2H3. The molecule has 1 fully saturated rings. The second kappa shape index (κ2) is 10.9. The van der Waals surface area contributed by atoms with E-state index in [2.05, 4.69) is 14.8 Å². The predicted molar refractivity (Wildman–Crippen MR) is 147 cm³/mol. The molecule has 1 saturated heterocycles. The van der Waals surface area contributed by atoms with Crippen LogP contribution in [-0.2, 0) is 4.79 Å². The van der Waals surface area contributed by atoms with E-state index < -0.39 is 0 Å². The SMILES string of the molecule is CC(=C1C(=O)c2ccccc2C1=O)N1CCN(CCN=CC2=C(O)CC(c3ccc(C)cc3)CC2=O)CC1. The van der Waals surface area contributed by atoms with Crippen LogP contribution < -0.4 is 0 Å². The number of allylic oxidation sites excluding steroid dienone is 4. The lowest BCUT2D eigenvalue weighted by atomic mass is 9.83. The van der Waals surface area contributed by atoms with Gasteiger partial charge in [0.1, 0.15) is 5.76 Å². The molecule has 1 unspecified atom stereocenters. The number of carbonyl (C=O) groups is 3. The summed E-state index contributed by atoms with van der Waals surface area (Å²) in [5.74, 6) is -0.317. The molecule has 0 saturated carbocycles. The Morgan fingerprint density at radius 2 is 1.58 bits per heavy atom. The van der Waals surface area contributed by atoms with E-state index in [1.165, 1.54) is 11.8 Å². The van der Waals surface area contributed by atoms with Crippen LogP contribution in [0.15, 0.2) is 76.1 Å². The number of aliphatic hydroxyl groups excluding tert-OH is 1. The Bertz CT molecular complexity index is 1320. The van der Waals surface area contributed by atoms with Gasteiger partial charge in [0.2, 0.25) is 0 Å². The largest absolute Gasteiger partial charge is 0.511 e. The Hall–Kier alpha value is -3.84. The third kappa shape index (κ3) is 5.11. The number of aliphatic hydroxyl groups is 1. The molecule has 0 bridgehead atoms. The molecule has 196 valence electrons. The van der Waals surface area contributed by atoms with E-state index >= 15 is 0 Å². The molecule has 0 spiro atoms. The number of piperazine rings is 1. The molecule has 0 aromatic heterocycles. The predicted octanol–water partition coefficient (Wildman–Crippen LogP) is 4.30. The number of nitrogens with zero attached hydrogens (tertiary/aromatic N) is 3. The highest BCUT2D eigenvalue weighted by Crippen LogP contribution is 2.33. The number of carbonyl (C=O) groups excluding carboxylic acids is 3. The summed E-state index contributed by atoms with van der Waals surface area (Å²) in [4.78, 5) is 47.2. The molecule has 1 heterocycles. The maximum atomic E-state index is 12.8. The van der Waals surface area contributed by atoms with Crippen molar-refractivity contribution >= 4 is 23.6 Å². The summed E-state index contributed by atoms with van der Waals surface area (Å²) in [5, 5.41) is 10.5. The van der Waals surface area contributed by atoms with Gasteiger partial charge in [0.15, 0.2) is 17.3 Å². The number of rotatable bonds is 6. The maximum absolute atomic E-state index is 12.8. The van der Waals surface area contributed by atoms with Crippen LogP contribution in [0.4, 0.5) is 0 Å². The number of fused-ring (bicyclic) bond motifs is 1. The summed E-state index contributed by atoms with van der Waals surface area (Å²) in [7, 11) is 0. The lowest BCUT2D eigenvalue weighted by molar-refractivity contribution is -0.116. The first-order chi connectivity index (χ1) is 18.3. The fraction of sp³-hybridized carbons (Fsp3) is 0.355. The molecule has 3 aliphatic rings. The fourth-order valence-electron chi connectivity index (χ4n) is 5.53. The van der Waals surface area contributed by atoms with Gasteiger partial charge >= 0.3 is 0 Å². The van der Waals surface area contributed by atoms with E-state index in [0.717, 1.165) is 44.0 Å². The minimum atomic E-state index is -0.181. The van der Waals surface area contributed by atoms with Crippen LogP contribution in [0.5, 0.6) is 0 Å². The van der Waals surface area contributed by atoms with E-state index in [-0.39, 0.29) is 29.0 Å². The molecular weight excluding hydrogens is 478 g/mol. The van der Waals surface area contributed by atoms with Crippen molar-refractivity contribution in [3.63, 3.8) is 0 Å². The van der Waals surface area contributed by atoms with Gasteiger partial charge in [-0.1, -0.05) is 54.1 Å². The summed E-state index contributed by atoms with van der Waals surface area (Å²) >= 11 is 0. The van der Waals surface area contributed by atoms with Gasteiger partial charge in [-0.05, 0) is 25.3 Å². The third-order valence-corrected chi connectivity index (χ3v) is 7.88. The molecule has 38 heavy (non-hydrogen) atoms. The van der Waals surface area contributed by atoms with Crippen molar-refractivity contribution in [2.45, 2.75) is 32.6 Å². The summed E-state index contributed by atoms with van der Waals surface area (Å²) in [6, 6.07) is 15.1. The van der Waals surface area contributed by atoms with Crippen molar-refractivity contribution in [3.8, 4) is 0 Å². The van der Waals surface area contributed by atoms with E-state index in [1.807, 2.05) is 38.1 Å². The molecule has 7 nitrogen and oxygen atoms in total. The number of aliphatic imine (C=N–C) groups is 1. The molecular formula is C31H33N3O4. The van der Waals surface area contributed by atoms with E-state index in [9.17, 15) is 19.5 Å². The van der Waals surface area contributed by atoms with Crippen LogP contribution in [-0.4, -0.2) is 77.7 Å². The molecule has 2 aromatic rings. The van der Waals surface area contributed by atoms with Crippen molar-refractivity contribution in [2.24, 2.45) is 4.99 Å². The molecule has 0 amide bonds. The number of aryl methyl sites for hydroxylation is 1. The van der Waals surface area contributed by atoms with Crippen LogP contribution in [0.25, 0.3) is 0 Å². The van der Waals surface area contributed by atoms with Crippen LogP contribution in [0.1, 0.15) is 57.5 Å². The molecule has 2 aliphatic carbocycles. The van der Waals surface area contributed by atoms with Crippen molar-refractivity contribution in [2.75, 3.05) is 39.3 Å². The van der Waals surface area contributed by atoms with Crippen LogP contribution in [0, 0.1) is 6.92 Å². The van der Waals surface area contributed by atoms with Gasteiger partial charge in [0.05, 0.1) is 17.7 Å². The first-order valence-electron chi connectivity index (χ1n) is 13.2. The average Bonchev–Trinajstić information content (AvgIpc) is 3.17. The van der Waals surface area contributed by atoms with Gasteiger partial charge < -0.3 is 10.0 Å². The zero-order valence-electron chi connectivity index (χ0n) is 21.9. The molecule has 7 heteroatoms. The van der Waals surface area contributed by atoms with Crippen molar-refractivity contribution in [3.05, 3.63) is 93.4 Å². The van der Waals surface area contributed by atoms with Crippen molar-refractivity contribution in [1.29, 1.82) is 0 Å². The molecule has 0 radical (unpaired) electrons. The Morgan fingerprint density at radius 3 is 2.18 bits per heavy atom. The van der Waals surface area contributed by atoms with Gasteiger partial charge in [-0.3, -0.25) is 24.3 Å². The monoisotopic (exact) mass is 511 g/mol. The van der Waals surface area contributed by atoms with Gasteiger partial charge in [-0.15, -0.1) is 0 Å². The van der Waals surface area contributed by atoms with Crippen molar-refractivity contribution < 1.29 is 19.5 Å². The molecule has 5 rings (SSSR count). The molecule has 1 N–H and O–H groups in total. The smallest absolute Gasteiger partial charge is 0.199 e. The highest BCUT2D eigenvalue weighted by atomic mass is 16.3. The third-order valence-electron chi connectivity index (χ3n) is 7.88. The lowest BCUT2D eigenvalue weighted by Gasteiger charge is -2.36. The zero-order chi connectivity index (χ0) is 26.8. The summed E-state index contributed by atoms with van der Waals surface area (Å²) in [5.41, 5.74) is 4.59. The summed E-state index contributed by atoms with van der Waals surface area (Å²) in [6.45, 7) is 8.18. The normalized spacial score (nSPS) is 20.6. The number of benzene rings is 2. The second-order valence-electron chi connectivity index (χ2n) is 10.3. The molecule has 1 aliphatic heterocycles. The first-order valence-corrected chi connectivity index (χ1v) is 13.2. The number of hydrogen-bond acceptors (Lipinski definition) is 7. The Labute approximate surface area is 223 Å². The first kappa shape index (κ1) is 25.8. The topological polar surface area (TPSA) is 90.3 Å². The maximum Gasteiger partial charge on any atom is 0.199 e. The Balaban J connectivity index is 1.13. The molecule has 1 atom stereocenters. The van der Waals surface area contributed by atoms with E-state index in [0.29, 0.717) is 41.7 Å². The van der Waals surface area contributed by atoms with Gasteiger partial charge in [-0.25, -0.2) is 0 Å². The van der Waals surface area contributed by atoms with Crippen LogP contribution >= 0.6 is 0 Å². The highest BCUT2D eigenvalue weighted by molar-refractivity contribution is 6.39. The summed E-state index contributed by atoms with van der Waals surface area (Å²) in [6.07, 6.45) is 2.35. The molecule has 2 aromatic carbocycles. The Morgan fingerprint density at radius 1 is 0.947 bits per heavy atom. The summed E-state index contributed by atoms with van der Waals surface area (Å²) < 4.78 is 0. The minimum Gasteiger partial charge on any atom is -0.511 e.